The summed E-state index contributed by atoms with van der Waals surface area (Å²) >= 11 is 17.8. The van der Waals surface area contributed by atoms with Crippen molar-refractivity contribution in [1.82, 2.24) is 9.80 Å². The molecule has 4 amide bonds. The number of halogens is 3. The number of hydrogen-bond donors (Lipinski definition) is 2. The van der Waals surface area contributed by atoms with Gasteiger partial charge in [0, 0.05) is 24.3 Å². The van der Waals surface area contributed by atoms with E-state index in [4.69, 9.17) is 28.3 Å². The Morgan fingerprint density at radius 2 is 1.65 bits per heavy atom. The van der Waals surface area contributed by atoms with Gasteiger partial charge in [-0.3, -0.25) is 33.8 Å². The molecule has 12 heteroatoms. The maximum absolute atomic E-state index is 14.0. The predicted molar refractivity (Wildman–Crippen MR) is 162 cm³/mol. The minimum Gasteiger partial charge on any atom is -0.507 e. The minimum atomic E-state index is -1.93. The molecule has 0 spiro atoms. The number of phenolic OH excluding ortho intramolecular Hbond substituents is 1. The van der Waals surface area contributed by atoms with Crippen LogP contribution in [0.1, 0.15) is 50.0 Å². The maximum atomic E-state index is 14.0. The lowest BCUT2D eigenvalue weighted by atomic mass is 9.56. The van der Waals surface area contributed by atoms with Gasteiger partial charge in [-0.2, -0.15) is 0 Å². The van der Waals surface area contributed by atoms with E-state index in [9.17, 15) is 29.1 Å². The van der Waals surface area contributed by atoms with E-state index < -0.39 is 51.2 Å². The molecule has 4 aliphatic rings. The van der Waals surface area contributed by atoms with E-state index in [0.29, 0.717) is 41.2 Å². The second-order valence-corrected chi connectivity index (χ2v) is 13.5. The van der Waals surface area contributed by atoms with Crippen LogP contribution < -0.4 is 0 Å². The third-order valence-corrected chi connectivity index (χ3v) is 11.5. The van der Waals surface area contributed by atoms with E-state index in [1.54, 1.807) is 30.3 Å². The average Bonchev–Trinajstić information content (AvgIpc) is 3.31. The lowest BCUT2D eigenvalue weighted by Gasteiger charge is -2.51. The van der Waals surface area contributed by atoms with Gasteiger partial charge in [-0.15, -0.1) is 23.2 Å². The molecular weight excluding hydrogens is 663 g/mol. The first-order valence-electron chi connectivity index (χ1n) is 14.2. The topological polar surface area (TPSA) is 132 Å². The van der Waals surface area contributed by atoms with Gasteiger partial charge < -0.3 is 10.2 Å². The van der Waals surface area contributed by atoms with Crippen molar-refractivity contribution in [3.05, 3.63) is 53.6 Å². The average molecular weight is 692 g/mol. The molecular formula is C31H29BrCl2N2O7. The van der Waals surface area contributed by atoms with Crippen molar-refractivity contribution < 1.29 is 34.2 Å². The van der Waals surface area contributed by atoms with Crippen LogP contribution in [0.3, 0.4) is 0 Å². The number of unbranched alkanes of at least 4 members (excludes halogenated alkanes) is 2. The molecule has 6 atom stereocenters. The summed E-state index contributed by atoms with van der Waals surface area (Å²) in [5.41, 5.74) is 1.16. The summed E-state index contributed by atoms with van der Waals surface area (Å²) in [5, 5.41) is 20.7. The van der Waals surface area contributed by atoms with Gasteiger partial charge >= 0.3 is 5.97 Å². The highest BCUT2D eigenvalue weighted by molar-refractivity contribution is 9.09. The Labute approximate surface area is 265 Å². The summed E-state index contributed by atoms with van der Waals surface area (Å²) < 4.78 is 0. The number of aliphatic carboxylic acids is 1. The van der Waals surface area contributed by atoms with Gasteiger partial charge in [0.25, 0.3) is 11.8 Å². The molecule has 3 fully saturated rings. The van der Waals surface area contributed by atoms with E-state index >= 15 is 0 Å². The molecule has 2 aromatic carbocycles. The molecule has 2 heterocycles. The molecule has 1 saturated carbocycles. The van der Waals surface area contributed by atoms with E-state index in [1.165, 1.54) is 11.0 Å². The number of likely N-dealkylation sites (tertiary alicyclic amines) is 2. The fraction of sp³-hybridized carbons (Fsp3) is 0.452. The number of hydrogen-bond acceptors (Lipinski definition) is 6. The van der Waals surface area contributed by atoms with Gasteiger partial charge in [-0.1, -0.05) is 64.3 Å². The maximum Gasteiger partial charge on any atom is 0.303 e. The first-order chi connectivity index (χ1) is 20.5. The largest absolute Gasteiger partial charge is 0.507 e. The number of fused-ring (bicyclic) bond motifs is 5. The molecule has 0 bridgehead atoms. The minimum absolute atomic E-state index is 0.0198. The highest BCUT2D eigenvalue weighted by atomic mass is 79.9. The van der Waals surface area contributed by atoms with E-state index in [-0.39, 0.29) is 48.8 Å². The number of carbonyl (C=O) groups excluding carboxylic acids is 4. The van der Waals surface area contributed by atoms with Gasteiger partial charge in [-0.25, -0.2) is 0 Å². The smallest absolute Gasteiger partial charge is 0.303 e. The molecule has 2 aromatic rings. The van der Waals surface area contributed by atoms with Gasteiger partial charge in [-0.05, 0) is 48.6 Å². The SMILES string of the molecule is O=C(O)CCCCCN1C(=O)[C@H]2[C@H](CC=C3[C@H]2C[C@@]2(Cl)C(=O)N(CBr)C(=O)[C@@]2(Cl)[C@H]3c2ccc(O)c3ccccc23)C1=O. The van der Waals surface area contributed by atoms with Crippen LogP contribution in [0.2, 0.25) is 0 Å². The lowest BCUT2D eigenvalue weighted by Crippen LogP contribution is -2.60. The molecule has 0 radical (unpaired) electrons. The molecule has 0 unspecified atom stereocenters. The summed E-state index contributed by atoms with van der Waals surface area (Å²) in [6.45, 7) is 0.179. The molecule has 226 valence electrons. The lowest BCUT2D eigenvalue weighted by molar-refractivity contribution is -0.141. The quantitative estimate of drug-likeness (QED) is 0.132. The van der Waals surface area contributed by atoms with Crippen molar-refractivity contribution in [2.24, 2.45) is 17.8 Å². The molecule has 2 saturated heterocycles. The Balaban J connectivity index is 1.45. The second kappa shape index (κ2) is 10.9. The number of imide groups is 2. The highest BCUT2D eigenvalue weighted by Gasteiger charge is 2.76. The van der Waals surface area contributed by atoms with E-state index in [0.717, 1.165) is 4.90 Å². The van der Waals surface area contributed by atoms with Gasteiger partial charge in [0.1, 0.15) is 5.75 Å². The van der Waals surface area contributed by atoms with Crippen LogP contribution in [0.5, 0.6) is 5.75 Å². The zero-order chi connectivity index (χ0) is 30.8. The fourth-order valence-corrected chi connectivity index (χ4v) is 9.08. The van der Waals surface area contributed by atoms with E-state index in [2.05, 4.69) is 15.9 Å². The molecule has 0 aromatic heterocycles. The second-order valence-electron chi connectivity index (χ2n) is 11.7. The summed E-state index contributed by atoms with van der Waals surface area (Å²) in [6.07, 6.45) is 3.55. The Morgan fingerprint density at radius 1 is 0.930 bits per heavy atom. The van der Waals surface area contributed by atoms with Crippen LogP contribution in [-0.4, -0.2) is 71.4 Å². The molecule has 43 heavy (non-hydrogen) atoms. The summed E-state index contributed by atoms with van der Waals surface area (Å²) in [7, 11) is 0. The van der Waals surface area contributed by atoms with Crippen molar-refractivity contribution in [2.45, 2.75) is 54.2 Å². The number of benzene rings is 2. The Morgan fingerprint density at radius 3 is 2.35 bits per heavy atom. The van der Waals surface area contributed by atoms with Crippen LogP contribution in [0.25, 0.3) is 10.8 Å². The Bertz CT molecular complexity index is 1610. The predicted octanol–water partition coefficient (Wildman–Crippen LogP) is 4.90. The standard InChI is InChI=1S/C31H29BrCl2N2O7/c32-15-36-28(42)30(33)14-21-19(9-10-20-24(21)27(41)35(26(20)40)13-5-1-2-8-23(38)39)25(31(30,34)29(36)43)18-11-12-22(37)17-7-4-3-6-16(17)18/h3-4,6-7,9,11-12,20-21,24-25,37H,1-2,5,8,10,13-15H2,(H,38,39)/t20-,21+,24-,25-,30+,31-/m0/s1. The first-order valence-corrected chi connectivity index (χ1v) is 16.1. The van der Waals surface area contributed by atoms with Crippen LogP contribution in [0.15, 0.2) is 48.0 Å². The number of carboxylic acid groups (broad SMARTS) is 1. The van der Waals surface area contributed by atoms with Crippen molar-refractivity contribution in [2.75, 3.05) is 12.0 Å². The molecule has 9 nitrogen and oxygen atoms in total. The zero-order valence-electron chi connectivity index (χ0n) is 23.0. The monoisotopic (exact) mass is 690 g/mol. The fourth-order valence-electron chi connectivity index (χ4n) is 7.67. The highest BCUT2D eigenvalue weighted by Crippen LogP contribution is 2.66. The normalized spacial score (nSPS) is 31.7. The summed E-state index contributed by atoms with van der Waals surface area (Å²) in [5.74, 6) is -5.79. The number of aromatic hydroxyl groups is 1. The first kappa shape index (κ1) is 30.1. The van der Waals surface area contributed by atoms with Crippen molar-refractivity contribution in [3.8, 4) is 5.75 Å². The molecule has 2 aliphatic heterocycles. The van der Waals surface area contributed by atoms with Gasteiger partial charge in [0.05, 0.1) is 17.3 Å². The Kier molecular flexibility index (Phi) is 7.62. The van der Waals surface area contributed by atoms with Crippen LogP contribution >= 0.6 is 39.1 Å². The van der Waals surface area contributed by atoms with Crippen LogP contribution in [0.4, 0.5) is 0 Å². The molecule has 2 N–H and O–H groups in total. The Hall–Kier alpha value is -2.95. The number of allylic oxidation sites excluding steroid dienone is 2. The van der Waals surface area contributed by atoms with E-state index in [1.807, 2.05) is 6.08 Å². The number of nitrogens with zero attached hydrogens (tertiary/aromatic N) is 2. The van der Waals surface area contributed by atoms with Crippen molar-refractivity contribution >= 4 is 79.5 Å². The van der Waals surface area contributed by atoms with Crippen LogP contribution in [0, 0.1) is 17.8 Å². The number of carboxylic acids is 1. The van der Waals surface area contributed by atoms with Crippen molar-refractivity contribution in [3.63, 3.8) is 0 Å². The summed E-state index contributed by atoms with van der Waals surface area (Å²) in [4.78, 5) is 64.5. The van der Waals surface area contributed by atoms with Crippen molar-refractivity contribution in [1.29, 1.82) is 0 Å². The third-order valence-electron chi connectivity index (χ3n) is 9.62. The zero-order valence-corrected chi connectivity index (χ0v) is 26.1. The van der Waals surface area contributed by atoms with Crippen LogP contribution in [-0.2, 0) is 24.0 Å². The summed E-state index contributed by atoms with van der Waals surface area (Å²) in [6, 6.07) is 10.3. The third kappa shape index (κ3) is 4.27. The number of phenols is 1. The number of alkyl halides is 3. The number of carbonyl (C=O) groups is 5. The molecule has 2 aliphatic carbocycles. The van der Waals surface area contributed by atoms with Gasteiger partial charge in [0.2, 0.25) is 11.8 Å². The number of amides is 4. The number of rotatable bonds is 8. The van der Waals surface area contributed by atoms with Gasteiger partial charge in [0.15, 0.2) is 9.75 Å². The molecule has 6 rings (SSSR count).